The lowest BCUT2D eigenvalue weighted by Crippen LogP contribution is -1.91. The fourth-order valence-electron chi connectivity index (χ4n) is 0.505. The van der Waals surface area contributed by atoms with Gasteiger partial charge in [-0.2, -0.15) is 0 Å². The van der Waals surface area contributed by atoms with E-state index in [4.69, 9.17) is 0 Å². The topological polar surface area (TPSA) is 12.4 Å². The molecule has 0 radical (unpaired) electrons. The summed E-state index contributed by atoms with van der Waals surface area (Å²) in [7, 11) is 0. The van der Waals surface area contributed by atoms with Crippen molar-refractivity contribution in [2.24, 2.45) is 3.15 Å². The Bertz CT molecular complexity index is 98.3. The zero-order valence-electron chi connectivity index (χ0n) is 4.10. The van der Waals surface area contributed by atoms with Crippen molar-refractivity contribution < 1.29 is 0 Å². The molecule has 1 heterocycles. The van der Waals surface area contributed by atoms with Crippen LogP contribution in [-0.2, 0) is 0 Å². The number of hydrogen-bond donors (Lipinski definition) is 0. The van der Waals surface area contributed by atoms with E-state index >= 15 is 0 Å². The first-order valence-corrected chi connectivity index (χ1v) is 4.83. The van der Waals surface area contributed by atoms with Gasteiger partial charge in [0.05, 0.1) is 6.04 Å². The van der Waals surface area contributed by atoms with Crippen molar-refractivity contribution in [3.05, 3.63) is 12.7 Å². The van der Waals surface area contributed by atoms with Gasteiger partial charge in [-0.05, 0) is 27.5 Å². The van der Waals surface area contributed by atoms with E-state index in [1.54, 1.807) is 0 Å². The summed E-state index contributed by atoms with van der Waals surface area (Å²) in [6, 6.07) is 0.535. The lowest BCUT2D eigenvalue weighted by molar-refractivity contribution is 0.834. The van der Waals surface area contributed by atoms with Gasteiger partial charge in [-0.25, -0.2) is 0 Å². The zero-order chi connectivity index (χ0) is 5.11. The van der Waals surface area contributed by atoms with E-state index in [1.807, 2.05) is 6.08 Å². The highest BCUT2D eigenvalue weighted by molar-refractivity contribution is 14.2. The molecule has 0 bridgehead atoms. The minimum Gasteiger partial charge on any atom is -0.256 e. The Morgan fingerprint density at radius 1 is 1.86 bits per heavy atom. The van der Waals surface area contributed by atoms with Crippen molar-refractivity contribution in [3.8, 4) is 0 Å². The molecule has 0 aromatic heterocycles. The fourth-order valence-corrected chi connectivity index (χ4v) is 2.71. The SMILES string of the molecule is C=CC1CCI=N1. The van der Waals surface area contributed by atoms with Crippen LogP contribution in [0.4, 0.5) is 0 Å². The van der Waals surface area contributed by atoms with E-state index in [1.165, 1.54) is 10.8 Å². The van der Waals surface area contributed by atoms with Gasteiger partial charge in [0.25, 0.3) is 0 Å². The van der Waals surface area contributed by atoms with Crippen molar-refractivity contribution in [1.29, 1.82) is 0 Å². The summed E-state index contributed by atoms with van der Waals surface area (Å²) < 4.78 is 5.72. The van der Waals surface area contributed by atoms with Crippen LogP contribution in [0.1, 0.15) is 6.42 Å². The van der Waals surface area contributed by atoms with E-state index in [9.17, 15) is 0 Å². The Kier molecular flexibility index (Phi) is 1.97. The highest BCUT2D eigenvalue weighted by Gasteiger charge is 2.03. The second kappa shape index (κ2) is 2.55. The second-order valence-electron chi connectivity index (χ2n) is 1.50. The summed E-state index contributed by atoms with van der Waals surface area (Å²) in [6.45, 7) is 3.67. The number of hydrogen-bond acceptors (Lipinski definition) is 1. The molecule has 1 nitrogen and oxygen atoms in total. The molecule has 0 N–H and O–H groups in total. The second-order valence-corrected chi connectivity index (χ2v) is 3.82. The summed E-state index contributed by atoms with van der Waals surface area (Å²) in [6.07, 6.45) is 3.23. The maximum absolute atomic E-state index is 4.35. The third-order valence-corrected chi connectivity index (χ3v) is 3.17. The first-order valence-electron chi connectivity index (χ1n) is 2.34. The number of halogens is 1. The Hall–Kier alpha value is 0.270. The van der Waals surface area contributed by atoms with Crippen LogP contribution < -0.4 is 0 Å². The summed E-state index contributed by atoms with van der Waals surface area (Å²) in [5.74, 6) is 0. The smallest absolute Gasteiger partial charge is 0.0739 e. The van der Waals surface area contributed by atoms with Crippen molar-refractivity contribution in [2.75, 3.05) is 4.43 Å². The Balaban J connectivity index is 2.42. The normalized spacial score (nSPS) is 29.4. The van der Waals surface area contributed by atoms with E-state index in [0.717, 1.165) is 0 Å². The highest BCUT2D eigenvalue weighted by atomic mass is 127. The fraction of sp³-hybridized carbons (Fsp3) is 0.600. The molecular formula is C5H8IN. The standard InChI is InChI=1S/C5H8IN/c1-2-5-3-4-6-7-5/h2,5H,1,3-4H2. The van der Waals surface area contributed by atoms with Crippen LogP contribution in [0.15, 0.2) is 15.8 Å². The molecule has 0 aromatic carbocycles. The predicted molar refractivity (Wildman–Crippen MR) is 39.9 cm³/mol. The zero-order valence-corrected chi connectivity index (χ0v) is 6.26. The van der Waals surface area contributed by atoms with Crippen LogP contribution in [0.5, 0.6) is 0 Å². The van der Waals surface area contributed by atoms with Crippen molar-refractivity contribution in [3.63, 3.8) is 0 Å². The first kappa shape index (κ1) is 5.41. The molecule has 0 aliphatic carbocycles. The lowest BCUT2D eigenvalue weighted by Gasteiger charge is -1.90. The quantitative estimate of drug-likeness (QED) is 0.356. The van der Waals surface area contributed by atoms with Gasteiger partial charge in [0.15, 0.2) is 0 Å². The molecule has 0 amide bonds. The van der Waals surface area contributed by atoms with Crippen LogP contribution in [0.25, 0.3) is 0 Å². The summed E-state index contributed by atoms with van der Waals surface area (Å²) >= 11 is 0.249. The van der Waals surface area contributed by atoms with Gasteiger partial charge in [-0.15, -0.1) is 6.58 Å². The van der Waals surface area contributed by atoms with Crippen molar-refractivity contribution in [1.82, 2.24) is 0 Å². The molecule has 1 aliphatic rings. The van der Waals surface area contributed by atoms with E-state index in [0.29, 0.717) is 6.04 Å². The summed E-state index contributed by atoms with van der Waals surface area (Å²) in [5.41, 5.74) is 0. The van der Waals surface area contributed by atoms with Crippen LogP contribution >= 0.6 is 21.0 Å². The molecule has 1 unspecified atom stereocenters. The van der Waals surface area contributed by atoms with E-state index in [-0.39, 0.29) is 21.0 Å². The van der Waals surface area contributed by atoms with Gasteiger partial charge in [0.1, 0.15) is 0 Å². The Morgan fingerprint density at radius 3 is 3.00 bits per heavy atom. The largest absolute Gasteiger partial charge is 0.256 e. The number of rotatable bonds is 1. The first-order chi connectivity index (χ1) is 3.43. The predicted octanol–water partition coefficient (Wildman–Crippen LogP) is 2.10. The molecule has 0 saturated carbocycles. The van der Waals surface area contributed by atoms with Gasteiger partial charge < -0.3 is 0 Å². The Labute approximate surface area is 54.0 Å². The van der Waals surface area contributed by atoms with E-state index < -0.39 is 0 Å². The lowest BCUT2D eigenvalue weighted by atomic mass is 10.2. The molecule has 1 rings (SSSR count). The van der Waals surface area contributed by atoms with Crippen LogP contribution in [0.3, 0.4) is 0 Å². The van der Waals surface area contributed by atoms with Crippen LogP contribution in [0, 0.1) is 0 Å². The van der Waals surface area contributed by atoms with Gasteiger partial charge in [0.2, 0.25) is 0 Å². The Morgan fingerprint density at radius 2 is 2.71 bits per heavy atom. The molecular weight excluding hydrogens is 201 g/mol. The average molecular weight is 209 g/mol. The van der Waals surface area contributed by atoms with Crippen LogP contribution in [0.2, 0.25) is 0 Å². The molecule has 40 valence electrons. The molecule has 0 aromatic rings. The van der Waals surface area contributed by atoms with Crippen LogP contribution in [-0.4, -0.2) is 10.5 Å². The third kappa shape index (κ3) is 1.33. The molecule has 7 heavy (non-hydrogen) atoms. The molecule has 1 aliphatic heterocycles. The maximum Gasteiger partial charge on any atom is 0.0739 e. The monoisotopic (exact) mass is 209 g/mol. The average Bonchev–Trinajstić information content (AvgIpc) is 2.14. The molecule has 0 spiro atoms. The number of nitrogens with zero attached hydrogens (tertiary/aromatic N) is 1. The van der Waals surface area contributed by atoms with Crippen molar-refractivity contribution >= 4 is 21.0 Å². The minimum absolute atomic E-state index is 0.249. The maximum atomic E-state index is 4.35. The van der Waals surface area contributed by atoms with Gasteiger partial charge in [-0.3, -0.25) is 3.15 Å². The molecule has 0 fully saturated rings. The molecule has 2 heteroatoms. The third-order valence-electron chi connectivity index (χ3n) is 0.956. The van der Waals surface area contributed by atoms with Gasteiger partial charge in [-0.1, -0.05) is 6.08 Å². The summed E-state index contributed by atoms with van der Waals surface area (Å²) in [4.78, 5) is 0. The van der Waals surface area contributed by atoms with E-state index in [2.05, 4.69) is 9.72 Å². The summed E-state index contributed by atoms with van der Waals surface area (Å²) in [5, 5.41) is 0. The molecule has 0 saturated heterocycles. The highest BCUT2D eigenvalue weighted by Crippen LogP contribution is 2.19. The van der Waals surface area contributed by atoms with Gasteiger partial charge >= 0.3 is 0 Å². The van der Waals surface area contributed by atoms with Crippen molar-refractivity contribution in [2.45, 2.75) is 12.5 Å². The molecule has 1 atom stereocenters. The minimum atomic E-state index is 0.249. The number of alkyl halides is 1. The van der Waals surface area contributed by atoms with Gasteiger partial charge in [0, 0.05) is 4.43 Å².